The van der Waals surface area contributed by atoms with E-state index < -0.39 is 22.0 Å². The van der Waals surface area contributed by atoms with Crippen molar-refractivity contribution in [2.24, 2.45) is 9.54 Å². The maximum Gasteiger partial charge on any atom is 0.184 e. The van der Waals surface area contributed by atoms with Crippen LogP contribution in [0.2, 0.25) is 0 Å². The Morgan fingerprint density at radius 2 is 1.26 bits per heavy atom. The number of carbonyl (C=O) groups is 1. The summed E-state index contributed by atoms with van der Waals surface area (Å²) in [5, 5.41) is 5.04. The van der Waals surface area contributed by atoms with Gasteiger partial charge in [0.2, 0.25) is 0 Å². The minimum Gasteiger partial charge on any atom is -0.369 e. The Labute approximate surface area is 143 Å². The van der Waals surface area contributed by atoms with Gasteiger partial charge in [0, 0.05) is 0 Å². The van der Waals surface area contributed by atoms with Gasteiger partial charge in [-0.1, -0.05) is 0 Å². The number of nitrogens with zero attached hydrogens (tertiary/aromatic N) is 1. The zero-order valence-corrected chi connectivity index (χ0v) is 16.3. The second-order valence-corrected chi connectivity index (χ2v) is 10.7. The Morgan fingerprint density at radius 1 is 0.913 bits per heavy atom. The molecular weight excluding hydrogens is 340 g/mol. The molecule has 9 heteroatoms. The van der Waals surface area contributed by atoms with E-state index in [2.05, 4.69) is 9.13 Å². The SMILES string of the molecule is CC(C)(C)S(=O)N=C1COC1.CC(C)(C)S(N)=O.O=C1COC1. The molecule has 0 aliphatic carbocycles. The number of rotatable bonds is 1. The maximum absolute atomic E-state index is 11.3. The summed E-state index contributed by atoms with van der Waals surface area (Å²) in [6, 6.07) is 0. The molecule has 2 fully saturated rings. The lowest BCUT2D eigenvalue weighted by atomic mass is 10.3. The van der Waals surface area contributed by atoms with Crippen LogP contribution in [0.15, 0.2) is 4.40 Å². The Hall–Kier alpha value is -0.480. The first-order chi connectivity index (χ1) is 10.3. The van der Waals surface area contributed by atoms with Crippen LogP contribution in [0, 0.1) is 0 Å². The number of hydrogen-bond donors (Lipinski definition) is 1. The minimum absolute atomic E-state index is 0.213. The summed E-state index contributed by atoms with van der Waals surface area (Å²) in [4.78, 5) is 9.77. The first-order valence-corrected chi connectivity index (χ1v) is 9.48. The van der Waals surface area contributed by atoms with Crippen LogP contribution >= 0.6 is 0 Å². The lowest BCUT2D eigenvalue weighted by Gasteiger charge is -2.19. The highest BCUT2D eigenvalue weighted by molar-refractivity contribution is 7.85. The summed E-state index contributed by atoms with van der Waals surface area (Å²) in [6.07, 6.45) is 0. The largest absolute Gasteiger partial charge is 0.369 e. The third-order valence-electron chi connectivity index (χ3n) is 2.40. The van der Waals surface area contributed by atoms with Crippen LogP contribution < -0.4 is 5.14 Å². The van der Waals surface area contributed by atoms with E-state index in [1.165, 1.54) is 0 Å². The summed E-state index contributed by atoms with van der Waals surface area (Å²) >= 11 is 0. The molecule has 2 atom stereocenters. The van der Waals surface area contributed by atoms with Gasteiger partial charge in [-0.05, 0) is 41.5 Å². The number of hydrogen-bond acceptors (Lipinski definition) is 5. The van der Waals surface area contributed by atoms with Crippen molar-refractivity contribution in [3.05, 3.63) is 0 Å². The Kier molecular flexibility index (Phi) is 9.53. The van der Waals surface area contributed by atoms with E-state index in [0.717, 1.165) is 5.71 Å². The third kappa shape index (κ3) is 10.8. The normalized spacial score (nSPS) is 19.8. The van der Waals surface area contributed by atoms with Crippen molar-refractivity contribution in [2.75, 3.05) is 26.4 Å². The van der Waals surface area contributed by atoms with Crippen LogP contribution in [0.3, 0.4) is 0 Å². The third-order valence-corrected chi connectivity index (χ3v) is 5.08. The van der Waals surface area contributed by atoms with Gasteiger partial charge in [-0.15, -0.1) is 0 Å². The lowest BCUT2D eigenvalue weighted by Crippen LogP contribution is -2.30. The predicted molar refractivity (Wildman–Crippen MR) is 94.1 cm³/mol. The Bertz CT molecular complexity index is 467. The molecule has 136 valence electrons. The molecule has 0 saturated carbocycles. The van der Waals surface area contributed by atoms with Gasteiger partial charge in [0.15, 0.2) is 5.78 Å². The molecule has 0 radical (unpaired) electrons. The zero-order valence-electron chi connectivity index (χ0n) is 14.7. The highest BCUT2D eigenvalue weighted by Gasteiger charge is 2.21. The fraction of sp³-hybridized carbons (Fsp3) is 0.857. The smallest absolute Gasteiger partial charge is 0.184 e. The number of ketones is 1. The van der Waals surface area contributed by atoms with E-state index in [1.807, 2.05) is 41.5 Å². The average Bonchev–Trinajstić information content (AvgIpc) is 2.30. The van der Waals surface area contributed by atoms with E-state index in [1.54, 1.807) is 0 Å². The van der Waals surface area contributed by atoms with E-state index in [4.69, 9.17) is 9.88 Å². The second-order valence-electron chi connectivity index (χ2n) is 6.95. The summed E-state index contributed by atoms with van der Waals surface area (Å²) in [5.41, 5.74) is 0.915. The molecule has 0 aromatic heterocycles. The Balaban J connectivity index is 0.000000345. The molecule has 2 unspecified atom stereocenters. The quantitative estimate of drug-likeness (QED) is 0.740. The molecule has 0 amide bonds. The monoisotopic (exact) mass is 368 g/mol. The van der Waals surface area contributed by atoms with Gasteiger partial charge >= 0.3 is 0 Å². The molecule has 0 aromatic carbocycles. The van der Waals surface area contributed by atoms with Crippen molar-refractivity contribution in [1.82, 2.24) is 0 Å². The molecule has 0 aromatic rings. The molecule has 0 spiro atoms. The van der Waals surface area contributed by atoms with Crippen molar-refractivity contribution in [1.29, 1.82) is 0 Å². The first kappa shape index (κ1) is 22.5. The van der Waals surface area contributed by atoms with Crippen LogP contribution in [-0.2, 0) is 36.2 Å². The van der Waals surface area contributed by atoms with Gasteiger partial charge in [0.1, 0.15) is 24.2 Å². The van der Waals surface area contributed by atoms with Crippen molar-refractivity contribution >= 4 is 33.5 Å². The van der Waals surface area contributed by atoms with Gasteiger partial charge in [-0.2, -0.15) is 4.40 Å². The van der Waals surface area contributed by atoms with E-state index in [9.17, 15) is 13.2 Å². The fourth-order valence-electron chi connectivity index (χ4n) is 0.686. The van der Waals surface area contributed by atoms with Crippen molar-refractivity contribution in [3.63, 3.8) is 0 Å². The number of nitrogens with two attached hydrogens (primary N) is 1. The molecule has 2 rings (SSSR count). The Morgan fingerprint density at radius 3 is 1.39 bits per heavy atom. The molecule has 7 nitrogen and oxygen atoms in total. The summed E-state index contributed by atoms with van der Waals surface area (Å²) in [5.74, 6) is 0.213. The van der Waals surface area contributed by atoms with Crippen LogP contribution in [0.1, 0.15) is 41.5 Å². The van der Waals surface area contributed by atoms with Gasteiger partial charge < -0.3 is 9.47 Å². The first-order valence-electron chi connectivity index (χ1n) is 7.16. The van der Waals surface area contributed by atoms with Crippen LogP contribution in [-0.4, -0.2) is 55.8 Å². The maximum atomic E-state index is 11.3. The predicted octanol–water partition coefficient (Wildman–Crippen LogP) is 0.913. The molecule has 0 bridgehead atoms. The second kappa shape index (κ2) is 9.73. The summed E-state index contributed by atoms with van der Waals surface area (Å²) < 4.78 is 34.6. The molecule has 23 heavy (non-hydrogen) atoms. The van der Waals surface area contributed by atoms with Crippen LogP contribution in [0.5, 0.6) is 0 Å². The number of ether oxygens (including phenoxy) is 2. The van der Waals surface area contributed by atoms with Gasteiger partial charge in [-0.25, -0.2) is 8.42 Å². The molecule has 2 aliphatic heterocycles. The van der Waals surface area contributed by atoms with Crippen LogP contribution in [0.25, 0.3) is 0 Å². The fourth-order valence-corrected chi connectivity index (χ4v) is 1.30. The molecule has 2 N–H and O–H groups in total. The van der Waals surface area contributed by atoms with Crippen molar-refractivity contribution in [3.8, 4) is 0 Å². The van der Waals surface area contributed by atoms with Gasteiger partial charge in [-0.3, -0.25) is 9.93 Å². The highest BCUT2D eigenvalue weighted by Crippen LogP contribution is 2.13. The standard InChI is InChI=1S/C7H13NO2S.C4H11NOS.C3H4O2/c1-7(2,3)11(9)8-6-4-10-5-6;1-4(2,3)7(5)6;4-3-1-5-2-3/h4-5H2,1-3H3;5H2,1-3H3;1-2H2. The van der Waals surface area contributed by atoms with Gasteiger partial charge in [0.25, 0.3) is 0 Å². The number of carbonyl (C=O) groups excluding carboxylic acids is 1. The molecular formula is C14H28N2O5S2. The van der Waals surface area contributed by atoms with Gasteiger partial charge in [0.05, 0.1) is 39.4 Å². The van der Waals surface area contributed by atoms with Crippen molar-refractivity contribution in [2.45, 2.75) is 51.0 Å². The lowest BCUT2D eigenvalue weighted by molar-refractivity contribution is -0.140. The summed E-state index contributed by atoms with van der Waals surface area (Å²) in [6.45, 7) is 13.0. The van der Waals surface area contributed by atoms with E-state index in [-0.39, 0.29) is 15.3 Å². The topological polar surface area (TPSA) is 108 Å². The number of Topliss-reactive ketones (excluding diaryl/α,β-unsaturated/α-hetero) is 1. The minimum atomic E-state index is -1.18. The molecule has 2 heterocycles. The zero-order chi connectivity index (χ0) is 18.3. The van der Waals surface area contributed by atoms with Crippen LogP contribution in [0.4, 0.5) is 0 Å². The highest BCUT2D eigenvalue weighted by atomic mass is 32.2. The van der Waals surface area contributed by atoms with E-state index in [0.29, 0.717) is 26.4 Å². The molecule has 2 aliphatic rings. The molecule has 2 saturated heterocycles. The van der Waals surface area contributed by atoms with E-state index >= 15 is 0 Å². The van der Waals surface area contributed by atoms with Crippen molar-refractivity contribution < 1.29 is 22.7 Å². The average molecular weight is 369 g/mol. The summed E-state index contributed by atoms with van der Waals surface area (Å²) in [7, 11) is -2.29.